The van der Waals surface area contributed by atoms with Crippen LogP contribution in [0, 0.1) is 0 Å². The van der Waals surface area contributed by atoms with Gasteiger partial charge in [-0.2, -0.15) is 0 Å². The highest BCUT2D eigenvalue weighted by Gasteiger charge is 2.19. The molecule has 0 radical (unpaired) electrons. The van der Waals surface area contributed by atoms with Gasteiger partial charge in [0.25, 0.3) is 0 Å². The van der Waals surface area contributed by atoms with E-state index in [2.05, 4.69) is 99.8 Å². The van der Waals surface area contributed by atoms with E-state index < -0.39 is 6.10 Å². The Morgan fingerprint density at radius 2 is 0.594 bits per heavy atom. The molecule has 0 saturated carbocycles. The van der Waals surface area contributed by atoms with Crippen LogP contribution in [-0.4, -0.2) is 37.2 Å². The third kappa shape index (κ3) is 55.4. The average molecular weight is 962 g/mol. The van der Waals surface area contributed by atoms with Gasteiger partial charge in [-0.3, -0.25) is 14.4 Å². The maximum absolute atomic E-state index is 12.8. The van der Waals surface area contributed by atoms with E-state index in [-0.39, 0.29) is 37.5 Å². The van der Waals surface area contributed by atoms with Crippen LogP contribution in [0.15, 0.2) is 85.1 Å². The van der Waals surface area contributed by atoms with Crippen LogP contribution < -0.4 is 0 Å². The van der Waals surface area contributed by atoms with Crippen molar-refractivity contribution < 1.29 is 28.6 Å². The lowest BCUT2D eigenvalue weighted by atomic mass is 10.0. The molecule has 1 atom stereocenters. The van der Waals surface area contributed by atoms with Crippen molar-refractivity contribution in [3.63, 3.8) is 0 Å². The van der Waals surface area contributed by atoms with Crippen LogP contribution in [0.3, 0.4) is 0 Å². The van der Waals surface area contributed by atoms with Gasteiger partial charge in [0.15, 0.2) is 6.10 Å². The first-order valence-corrected chi connectivity index (χ1v) is 29.1. The normalized spacial score (nSPS) is 12.7. The molecular formula is C63H108O6. The quantitative estimate of drug-likeness (QED) is 0.0262. The number of rotatable bonds is 52. The summed E-state index contributed by atoms with van der Waals surface area (Å²) >= 11 is 0. The predicted molar refractivity (Wildman–Crippen MR) is 297 cm³/mol. The molecule has 396 valence electrons. The third-order valence-corrected chi connectivity index (χ3v) is 12.4. The van der Waals surface area contributed by atoms with Crippen LogP contribution in [0.4, 0.5) is 0 Å². The fraction of sp³-hybridized carbons (Fsp3) is 0.730. The van der Waals surface area contributed by atoms with Crippen molar-refractivity contribution in [2.24, 2.45) is 0 Å². The highest BCUT2D eigenvalue weighted by atomic mass is 16.6. The Kier molecular flexibility index (Phi) is 54.3. The second kappa shape index (κ2) is 57.2. The molecule has 0 fully saturated rings. The minimum Gasteiger partial charge on any atom is -0.462 e. The summed E-state index contributed by atoms with van der Waals surface area (Å²) in [7, 11) is 0. The molecule has 0 heterocycles. The zero-order valence-corrected chi connectivity index (χ0v) is 45.3. The van der Waals surface area contributed by atoms with Gasteiger partial charge in [0.1, 0.15) is 13.2 Å². The Bertz CT molecular complexity index is 1330. The van der Waals surface area contributed by atoms with Gasteiger partial charge in [0.05, 0.1) is 0 Å². The highest BCUT2D eigenvalue weighted by molar-refractivity contribution is 5.71. The molecule has 0 aliphatic carbocycles. The molecule has 0 amide bonds. The Morgan fingerprint density at radius 3 is 0.971 bits per heavy atom. The first-order valence-electron chi connectivity index (χ1n) is 29.1. The van der Waals surface area contributed by atoms with Crippen LogP contribution in [0.5, 0.6) is 0 Å². The van der Waals surface area contributed by atoms with E-state index in [0.717, 1.165) is 83.5 Å². The zero-order valence-electron chi connectivity index (χ0n) is 45.3. The number of unbranched alkanes of at least 4 members (excludes halogenated alkanes) is 27. The Hall–Kier alpha value is -3.41. The molecule has 0 N–H and O–H groups in total. The lowest BCUT2D eigenvalue weighted by Crippen LogP contribution is -2.30. The summed E-state index contributed by atoms with van der Waals surface area (Å²) in [6.45, 7) is 6.46. The number of allylic oxidation sites excluding steroid dienone is 14. The molecule has 0 aliphatic rings. The van der Waals surface area contributed by atoms with Crippen molar-refractivity contribution >= 4 is 17.9 Å². The summed E-state index contributed by atoms with van der Waals surface area (Å²) in [6, 6.07) is 0. The molecule has 0 saturated heterocycles. The molecule has 1 unspecified atom stereocenters. The van der Waals surface area contributed by atoms with Crippen molar-refractivity contribution in [1.82, 2.24) is 0 Å². The topological polar surface area (TPSA) is 78.9 Å². The maximum atomic E-state index is 12.8. The van der Waals surface area contributed by atoms with E-state index in [9.17, 15) is 14.4 Å². The van der Waals surface area contributed by atoms with Gasteiger partial charge < -0.3 is 14.2 Å². The van der Waals surface area contributed by atoms with Crippen LogP contribution in [-0.2, 0) is 28.6 Å². The average Bonchev–Trinajstić information content (AvgIpc) is 3.35. The van der Waals surface area contributed by atoms with Crippen LogP contribution in [0.25, 0.3) is 0 Å². The number of esters is 3. The summed E-state index contributed by atoms with van der Waals surface area (Å²) in [6.07, 6.45) is 74.5. The number of hydrogen-bond acceptors (Lipinski definition) is 6. The highest BCUT2D eigenvalue weighted by Crippen LogP contribution is 2.16. The van der Waals surface area contributed by atoms with Gasteiger partial charge in [0.2, 0.25) is 0 Å². The lowest BCUT2D eigenvalue weighted by molar-refractivity contribution is -0.166. The number of carbonyl (C=O) groups is 3. The monoisotopic (exact) mass is 961 g/mol. The van der Waals surface area contributed by atoms with Gasteiger partial charge in [-0.1, -0.05) is 260 Å². The van der Waals surface area contributed by atoms with E-state index >= 15 is 0 Å². The molecule has 6 heteroatoms. The SMILES string of the molecule is CC/C=C\C/C=C\C/C=C\C/C=C\CCC(=O)OCC(COC(=O)CCCCCCCCCC/C=C\C/C=C\C/C=C\CCCCCCC)OC(=O)CCCCCCCCCCCCCCCCC. The molecular weight excluding hydrogens is 853 g/mol. The van der Waals surface area contributed by atoms with Gasteiger partial charge in [0, 0.05) is 19.3 Å². The first-order chi connectivity index (χ1) is 34.0. The van der Waals surface area contributed by atoms with Crippen LogP contribution in [0.2, 0.25) is 0 Å². The molecule has 0 bridgehead atoms. The molecule has 0 rings (SSSR count). The molecule has 69 heavy (non-hydrogen) atoms. The minimum absolute atomic E-state index is 0.101. The van der Waals surface area contributed by atoms with Gasteiger partial charge in [-0.25, -0.2) is 0 Å². The molecule has 0 aromatic rings. The van der Waals surface area contributed by atoms with Crippen molar-refractivity contribution in [2.75, 3.05) is 13.2 Å². The molecule has 0 aliphatic heterocycles. The maximum Gasteiger partial charge on any atom is 0.306 e. The smallest absolute Gasteiger partial charge is 0.306 e. The van der Waals surface area contributed by atoms with Crippen molar-refractivity contribution in [3.05, 3.63) is 85.1 Å². The fourth-order valence-electron chi connectivity index (χ4n) is 8.05. The summed E-state index contributed by atoms with van der Waals surface area (Å²) in [5.41, 5.74) is 0. The zero-order chi connectivity index (χ0) is 50.0. The molecule has 0 aromatic heterocycles. The van der Waals surface area contributed by atoms with Gasteiger partial charge >= 0.3 is 17.9 Å². The largest absolute Gasteiger partial charge is 0.462 e. The number of carbonyl (C=O) groups excluding carboxylic acids is 3. The Morgan fingerprint density at radius 1 is 0.304 bits per heavy atom. The Balaban J connectivity index is 4.38. The summed E-state index contributed by atoms with van der Waals surface area (Å²) < 4.78 is 16.8. The van der Waals surface area contributed by atoms with E-state index in [1.165, 1.54) is 148 Å². The van der Waals surface area contributed by atoms with Gasteiger partial charge in [-0.15, -0.1) is 0 Å². The van der Waals surface area contributed by atoms with Crippen molar-refractivity contribution in [2.45, 2.75) is 284 Å². The predicted octanol–water partition coefficient (Wildman–Crippen LogP) is 19.5. The van der Waals surface area contributed by atoms with E-state index in [0.29, 0.717) is 19.3 Å². The first kappa shape index (κ1) is 65.6. The second-order valence-electron chi connectivity index (χ2n) is 19.2. The minimum atomic E-state index is -0.807. The van der Waals surface area contributed by atoms with Crippen LogP contribution in [0.1, 0.15) is 278 Å². The summed E-state index contributed by atoms with van der Waals surface area (Å²) in [5.74, 6) is -0.985. The number of hydrogen-bond donors (Lipinski definition) is 0. The standard InChI is InChI=1S/C63H108O6/c1-4-7-10-13-16-19-22-25-27-28-29-30-31-32-33-34-36-38-41-44-47-50-53-56-62(65)68-59-60(58-67-61(64)55-52-49-46-43-40-37-24-21-18-15-12-9-6-3)69-63(66)57-54-51-48-45-42-39-35-26-23-20-17-14-11-8-5-2/h9,12,18,21-22,25,28-29,31-32,37,40,46,49,60H,4-8,10-11,13-17,19-20,23-24,26-27,30,33-36,38-39,41-45,47-48,50-59H2,1-3H3/b12-9-,21-18-,25-22-,29-28-,32-31-,40-37-,49-46-. The summed E-state index contributed by atoms with van der Waals surface area (Å²) in [4.78, 5) is 38.1. The summed E-state index contributed by atoms with van der Waals surface area (Å²) in [5, 5.41) is 0. The molecule has 6 nitrogen and oxygen atoms in total. The van der Waals surface area contributed by atoms with Crippen molar-refractivity contribution in [3.8, 4) is 0 Å². The van der Waals surface area contributed by atoms with Gasteiger partial charge in [-0.05, 0) is 83.5 Å². The third-order valence-electron chi connectivity index (χ3n) is 12.4. The second-order valence-corrected chi connectivity index (χ2v) is 19.2. The fourth-order valence-corrected chi connectivity index (χ4v) is 8.05. The molecule has 0 spiro atoms. The van der Waals surface area contributed by atoms with E-state index in [1.807, 2.05) is 6.08 Å². The van der Waals surface area contributed by atoms with E-state index in [1.54, 1.807) is 0 Å². The van der Waals surface area contributed by atoms with Crippen molar-refractivity contribution in [1.29, 1.82) is 0 Å². The lowest BCUT2D eigenvalue weighted by Gasteiger charge is -2.18. The number of ether oxygens (including phenoxy) is 3. The Labute approximate surface area is 426 Å². The van der Waals surface area contributed by atoms with Crippen LogP contribution >= 0.6 is 0 Å². The van der Waals surface area contributed by atoms with E-state index in [4.69, 9.17) is 14.2 Å². The molecule has 0 aromatic carbocycles.